The smallest absolute Gasteiger partial charge is 0.246 e. The molecule has 0 spiro atoms. The second-order valence-corrected chi connectivity index (χ2v) is 12.0. The summed E-state index contributed by atoms with van der Waals surface area (Å²) in [7, 11) is 0. The summed E-state index contributed by atoms with van der Waals surface area (Å²) in [6.07, 6.45) is 4.87. The molecule has 42 heavy (non-hydrogen) atoms. The number of anilines is 1. The summed E-state index contributed by atoms with van der Waals surface area (Å²) in [5, 5.41) is 15.6. The maximum absolute atomic E-state index is 13.8. The van der Waals surface area contributed by atoms with Gasteiger partial charge < -0.3 is 14.7 Å². The zero-order valence-electron chi connectivity index (χ0n) is 24.5. The molecule has 0 saturated carbocycles. The molecule has 1 N–H and O–H groups in total. The molecule has 0 bridgehead atoms. The summed E-state index contributed by atoms with van der Waals surface area (Å²) in [6.45, 7) is 7.69. The highest BCUT2D eigenvalue weighted by Gasteiger charge is 2.35. The van der Waals surface area contributed by atoms with Gasteiger partial charge in [-0.25, -0.2) is 13.8 Å². The number of piperidine rings is 1. The first-order valence-corrected chi connectivity index (χ1v) is 14.7. The molecule has 1 unspecified atom stereocenters. The second-order valence-electron chi connectivity index (χ2n) is 12.0. The quantitative estimate of drug-likeness (QED) is 0.278. The van der Waals surface area contributed by atoms with Gasteiger partial charge in [0, 0.05) is 43.4 Å². The van der Waals surface area contributed by atoms with Crippen LogP contribution in [0.5, 0.6) is 5.75 Å². The van der Waals surface area contributed by atoms with Crippen molar-refractivity contribution in [3.8, 4) is 16.9 Å². The van der Waals surface area contributed by atoms with Gasteiger partial charge in [0.1, 0.15) is 17.4 Å². The van der Waals surface area contributed by atoms with E-state index in [-0.39, 0.29) is 11.8 Å². The number of hydrogen-bond donors (Lipinski definition) is 1. The maximum atomic E-state index is 13.8. The number of carbonyl (C=O) groups excluding carboxylic acids is 1. The van der Waals surface area contributed by atoms with Crippen LogP contribution in [0.1, 0.15) is 63.1 Å². The Balaban J connectivity index is 1.22. The summed E-state index contributed by atoms with van der Waals surface area (Å²) >= 11 is 0. The fourth-order valence-corrected chi connectivity index (χ4v) is 5.81. The van der Waals surface area contributed by atoms with Crippen LogP contribution in [0.3, 0.4) is 0 Å². The zero-order chi connectivity index (χ0) is 29.9. The van der Waals surface area contributed by atoms with Crippen LogP contribution in [-0.2, 0) is 4.79 Å². The Hall–Kier alpha value is -3.78. The average Bonchev–Trinajstić information content (AvgIpc) is 3.45. The first-order chi connectivity index (χ1) is 20.1. The van der Waals surface area contributed by atoms with Crippen LogP contribution < -0.4 is 9.64 Å². The Morgan fingerprint density at radius 2 is 1.79 bits per heavy atom. The van der Waals surface area contributed by atoms with Gasteiger partial charge in [0.2, 0.25) is 5.91 Å². The van der Waals surface area contributed by atoms with Crippen LogP contribution >= 0.6 is 0 Å². The third kappa shape index (κ3) is 7.16. The van der Waals surface area contributed by atoms with Gasteiger partial charge in [-0.05, 0) is 105 Å². The van der Waals surface area contributed by atoms with E-state index in [4.69, 9.17) is 4.74 Å². The van der Waals surface area contributed by atoms with E-state index in [0.29, 0.717) is 37.9 Å². The van der Waals surface area contributed by atoms with Crippen LogP contribution in [0.4, 0.5) is 14.5 Å². The minimum Gasteiger partial charge on any atom is -0.494 e. The first kappa shape index (κ1) is 29.7. The highest BCUT2D eigenvalue weighted by Crippen LogP contribution is 2.35. The Bertz CT molecular complexity index is 1420. The lowest BCUT2D eigenvalue weighted by Gasteiger charge is -2.35. The van der Waals surface area contributed by atoms with Gasteiger partial charge in [0.05, 0.1) is 18.2 Å². The van der Waals surface area contributed by atoms with Gasteiger partial charge in [-0.2, -0.15) is 5.10 Å². The van der Waals surface area contributed by atoms with E-state index in [9.17, 15) is 18.7 Å². The second kappa shape index (κ2) is 12.6. The van der Waals surface area contributed by atoms with E-state index in [1.165, 1.54) is 17.1 Å². The minimum absolute atomic E-state index is 0.0955. The van der Waals surface area contributed by atoms with Crippen molar-refractivity contribution < 1.29 is 23.4 Å². The van der Waals surface area contributed by atoms with Crippen LogP contribution in [0.2, 0.25) is 0 Å². The maximum Gasteiger partial charge on any atom is 0.246 e. The molecular weight excluding hydrogens is 536 g/mol. The molecule has 1 atom stereocenters. The van der Waals surface area contributed by atoms with Crippen molar-refractivity contribution in [2.24, 2.45) is 11.0 Å². The van der Waals surface area contributed by atoms with E-state index in [1.54, 1.807) is 20.1 Å². The Kier molecular flexibility index (Phi) is 8.92. The normalized spacial score (nSPS) is 17.6. The number of carbonyl (C=O) groups is 1. The lowest BCUT2D eigenvalue weighted by Crippen LogP contribution is -2.41. The van der Waals surface area contributed by atoms with E-state index in [0.717, 1.165) is 53.7 Å². The number of nitrogens with zero attached hydrogens (tertiary/aromatic N) is 3. The summed E-state index contributed by atoms with van der Waals surface area (Å²) < 4.78 is 33.7. The molecule has 3 aromatic rings. The number of rotatable bonds is 9. The van der Waals surface area contributed by atoms with Gasteiger partial charge in [-0.15, -0.1) is 0 Å². The summed E-state index contributed by atoms with van der Waals surface area (Å²) in [5.41, 5.74) is 4.18. The molecule has 3 aromatic carbocycles. The predicted octanol–water partition coefficient (Wildman–Crippen LogP) is 7.05. The fraction of sp³-hybridized carbons (Fsp3) is 0.412. The van der Waals surface area contributed by atoms with E-state index in [2.05, 4.69) is 53.3 Å². The lowest BCUT2D eigenvalue weighted by molar-refractivity contribution is -0.138. The third-order valence-electron chi connectivity index (χ3n) is 8.10. The number of aliphatic hydroxyl groups is 1. The Labute approximate surface area is 246 Å². The van der Waals surface area contributed by atoms with E-state index >= 15 is 0 Å². The van der Waals surface area contributed by atoms with Crippen molar-refractivity contribution in [3.05, 3.63) is 83.4 Å². The molecule has 2 heterocycles. The number of ether oxygens (including phenoxy) is 1. The minimum atomic E-state index is -0.696. The van der Waals surface area contributed by atoms with Crippen LogP contribution in [-0.4, -0.2) is 47.5 Å². The number of benzene rings is 3. The number of halogens is 2. The van der Waals surface area contributed by atoms with Gasteiger partial charge in [-0.1, -0.05) is 18.2 Å². The molecule has 1 amide bonds. The predicted molar refractivity (Wildman–Crippen MR) is 162 cm³/mol. The topological polar surface area (TPSA) is 65.4 Å². The first-order valence-electron chi connectivity index (χ1n) is 14.7. The molecule has 1 fully saturated rings. The van der Waals surface area contributed by atoms with Crippen LogP contribution in [0.25, 0.3) is 11.1 Å². The van der Waals surface area contributed by atoms with Crippen molar-refractivity contribution >= 4 is 17.8 Å². The Morgan fingerprint density at radius 1 is 1.05 bits per heavy atom. The molecule has 6 nitrogen and oxygen atoms in total. The van der Waals surface area contributed by atoms with E-state index < -0.39 is 23.3 Å². The fourth-order valence-electron chi connectivity index (χ4n) is 5.81. The average molecular weight is 576 g/mol. The molecule has 5 rings (SSSR count). The molecule has 1 saturated heterocycles. The van der Waals surface area contributed by atoms with Gasteiger partial charge in [0.15, 0.2) is 0 Å². The highest BCUT2D eigenvalue weighted by molar-refractivity contribution is 5.82. The molecule has 222 valence electrons. The van der Waals surface area contributed by atoms with Crippen molar-refractivity contribution in [1.82, 2.24) is 5.01 Å². The molecular formula is C34H39F2N3O3. The van der Waals surface area contributed by atoms with Gasteiger partial charge in [0.25, 0.3) is 0 Å². The molecule has 2 aliphatic heterocycles. The van der Waals surface area contributed by atoms with Gasteiger partial charge >= 0.3 is 0 Å². The van der Waals surface area contributed by atoms with Crippen LogP contribution in [0.15, 0.2) is 65.8 Å². The van der Waals surface area contributed by atoms with Crippen molar-refractivity contribution in [3.63, 3.8) is 0 Å². The monoisotopic (exact) mass is 575 g/mol. The third-order valence-corrected chi connectivity index (χ3v) is 8.10. The largest absolute Gasteiger partial charge is 0.494 e. The highest BCUT2D eigenvalue weighted by atomic mass is 19.1. The molecule has 0 radical (unpaired) electrons. The van der Waals surface area contributed by atoms with Crippen LogP contribution in [0, 0.1) is 24.5 Å². The molecule has 0 aromatic heterocycles. The Morgan fingerprint density at radius 3 is 2.50 bits per heavy atom. The van der Waals surface area contributed by atoms with Crippen molar-refractivity contribution in [2.45, 2.75) is 64.5 Å². The van der Waals surface area contributed by atoms with Gasteiger partial charge in [-0.3, -0.25) is 4.79 Å². The molecule has 8 heteroatoms. The van der Waals surface area contributed by atoms with E-state index in [1.807, 2.05) is 6.07 Å². The summed E-state index contributed by atoms with van der Waals surface area (Å²) in [6, 6.07) is 17.5. The van der Waals surface area contributed by atoms with Crippen molar-refractivity contribution in [1.29, 1.82) is 0 Å². The molecule has 2 aliphatic rings. The van der Waals surface area contributed by atoms with Crippen molar-refractivity contribution in [2.75, 3.05) is 24.6 Å². The number of hydrazone groups is 1. The summed E-state index contributed by atoms with van der Waals surface area (Å²) in [5.74, 6) is -0.803. The molecule has 0 aliphatic carbocycles. The number of aryl methyl sites for hydroxylation is 1. The number of hydrogen-bond acceptors (Lipinski definition) is 5. The number of amides is 1. The summed E-state index contributed by atoms with van der Waals surface area (Å²) in [4.78, 5) is 15.7. The SMILES string of the molecule is Cc1ccc(OCCCC(C)(C)O)cc1-c1cccc(N2CCC(C(=O)N3N=CCC3c3cc(F)cc(F)c3)CC2)c1. The standard InChI is InChI=1S/C34H39F2N3O3/c1-23-8-9-30(42-17-5-13-34(2,3)41)22-31(23)25-6-4-7-29(20-25)38-15-11-24(12-16-38)33(40)39-32(10-14-37-39)26-18-27(35)21-28(36)19-26/h4,6-9,14,18-22,24,32,41H,5,10-13,15-17H2,1-3H3. The zero-order valence-corrected chi connectivity index (χ0v) is 24.5. The lowest BCUT2D eigenvalue weighted by atomic mass is 9.93.